The van der Waals surface area contributed by atoms with E-state index in [1.54, 1.807) is 6.08 Å². The van der Waals surface area contributed by atoms with Gasteiger partial charge in [-0.25, -0.2) is 0 Å². The molecular formula is C14H24O2. The fraction of sp³-hybridized carbons (Fsp3) is 0.714. The monoisotopic (exact) mass is 224 g/mol. The van der Waals surface area contributed by atoms with Gasteiger partial charge in [0.1, 0.15) is 0 Å². The van der Waals surface area contributed by atoms with Crippen LogP contribution in [-0.4, -0.2) is 19.0 Å². The molecular weight excluding hydrogens is 200 g/mol. The number of allylic oxidation sites excluding steroid dienone is 1. The minimum absolute atomic E-state index is 0.650. The lowest BCUT2D eigenvalue weighted by Gasteiger charge is -2.31. The van der Waals surface area contributed by atoms with Gasteiger partial charge in [-0.05, 0) is 31.4 Å². The van der Waals surface area contributed by atoms with Crippen LogP contribution < -0.4 is 0 Å². The van der Waals surface area contributed by atoms with E-state index in [2.05, 4.69) is 19.6 Å². The smallest absolute Gasteiger partial charge is 0.207 e. The summed E-state index contributed by atoms with van der Waals surface area (Å²) in [6.07, 6.45) is 13.1. The Morgan fingerprint density at radius 3 is 2.56 bits per heavy atom. The molecule has 0 aromatic carbocycles. The first-order valence-electron chi connectivity index (χ1n) is 6.42. The average molecular weight is 224 g/mol. The van der Waals surface area contributed by atoms with Gasteiger partial charge in [0.2, 0.25) is 5.79 Å². The molecule has 92 valence electrons. The van der Waals surface area contributed by atoms with Crippen molar-refractivity contribution in [3.8, 4) is 0 Å². The lowest BCUT2D eigenvalue weighted by molar-refractivity contribution is -0.205. The van der Waals surface area contributed by atoms with Crippen LogP contribution in [0.25, 0.3) is 0 Å². The highest BCUT2D eigenvalue weighted by Crippen LogP contribution is 2.22. The van der Waals surface area contributed by atoms with Gasteiger partial charge in [-0.1, -0.05) is 38.8 Å². The standard InChI is InChI=1S/C14H24O2/c1-3-5-6-7-8-9-11-14(4-2)15-12-10-13-16-14/h4,9,11H,2-3,5-8,10,12-13H2,1H3/b11-9+. The third kappa shape index (κ3) is 4.50. The van der Waals surface area contributed by atoms with Crippen LogP contribution >= 0.6 is 0 Å². The molecule has 0 N–H and O–H groups in total. The number of hydrogen-bond donors (Lipinski definition) is 0. The van der Waals surface area contributed by atoms with Crippen molar-refractivity contribution in [3.63, 3.8) is 0 Å². The van der Waals surface area contributed by atoms with E-state index in [-0.39, 0.29) is 0 Å². The molecule has 1 fully saturated rings. The van der Waals surface area contributed by atoms with Crippen LogP contribution in [0.4, 0.5) is 0 Å². The molecule has 0 saturated carbocycles. The maximum atomic E-state index is 5.62. The Labute approximate surface area is 99.3 Å². The zero-order chi connectivity index (χ0) is 11.7. The summed E-state index contributed by atoms with van der Waals surface area (Å²) in [5.74, 6) is -0.650. The van der Waals surface area contributed by atoms with Crippen molar-refractivity contribution in [2.24, 2.45) is 0 Å². The lowest BCUT2D eigenvalue weighted by Crippen LogP contribution is -2.36. The van der Waals surface area contributed by atoms with Gasteiger partial charge < -0.3 is 9.47 Å². The van der Waals surface area contributed by atoms with Crippen LogP contribution in [-0.2, 0) is 9.47 Å². The summed E-state index contributed by atoms with van der Waals surface area (Å²) in [7, 11) is 0. The molecule has 0 aromatic heterocycles. The van der Waals surface area contributed by atoms with E-state index in [0.717, 1.165) is 26.1 Å². The minimum atomic E-state index is -0.650. The van der Waals surface area contributed by atoms with Crippen molar-refractivity contribution in [2.75, 3.05) is 13.2 Å². The van der Waals surface area contributed by atoms with Gasteiger partial charge in [-0.2, -0.15) is 0 Å². The van der Waals surface area contributed by atoms with Crippen LogP contribution in [0.2, 0.25) is 0 Å². The molecule has 1 saturated heterocycles. The van der Waals surface area contributed by atoms with Crippen LogP contribution in [0.1, 0.15) is 45.4 Å². The van der Waals surface area contributed by atoms with E-state index in [4.69, 9.17) is 9.47 Å². The van der Waals surface area contributed by atoms with Crippen molar-refractivity contribution in [1.29, 1.82) is 0 Å². The molecule has 1 aliphatic rings. The van der Waals surface area contributed by atoms with Crippen LogP contribution in [0.15, 0.2) is 24.8 Å². The molecule has 0 aliphatic carbocycles. The molecule has 2 nitrogen and oxygen atoms in total. The highest BCUT2D eigenvalue weighted by atomic mass is 16.7. The van der Waals surface area contributed by atoms with Crippen LogP contribution in [0.5, 0.6) is 0 Å². The maximum Gasteiger partial charge on any atom is 0.207 e. The number of ether oxygens (including phenoxy) is 2. The summed E-state index contributed by atoms with van der Waals surface area (Å²) < 4.78 is 11.2. The molecule has 0 aromatic rings. The van der Waals surface area contributed by atoms with E-state index >= 15 is 0 Å². The fourth-order valence-electron chi connectivity index (χ4n) is 1.78. The first-order chi connectivity index (χ1) is 7.83. The Balaban J connectivity index is 2.26. The molecule has 0 unspecified atom stereocenters. The number of unbranched alkanes of at least 4 members (excludes halogenated alkanes) is 4. The van der Waals surface area contributed by atoms with Crippen molar-refractivity contribution in [3.05, 3.63) is 24.8 Å². The quantitative estimate of drug-likeness (QED) is 0.483. The molecule has 0 atom stereocenters. The number of rotatable bonds is 7. The summed E-state index contributed by atoms with van der Waals surface area (Å²) in [6, 6.07) is 0. The summed E-state index contributed by atoms with van der Waals surface area (Å²) in [4.78, 5) is 0. The molecule has 1 aliphatic heterocycles. The maximum absolute atomic E-state index is 5.62. The molecule has 0 amide bonds. The van der Waals surface area contributed by atoms with E-state index < -0.39 is 5.79 Å². The van der Waals surface area contributed by atoms with Gasteiger partial charge in [-0.15, -0.1) is 0 Å². The second-order valence-electron chi connectivity index (χ2n) is 4.23. The van der Waals surface area contributed by atoms with Crippen molar-refractivity contribution in [2.45, 2.75) is 51.2 Å². The molecule has 1 heterocycles. The van der Waals surface area contributed by atoms with Crippen molar-refractivity contribution < 1.29 is 9.47 Å². The Hall–Kier alpha value is -0.600. The van der Waals surface area contributed by atoms with Gasteiger partial charge in [0.15, 0.2) is 0 Å². The van der Waals surface area contributed by atoms with Gasteiger partial charge in [0.25, 0.3) is 0 Å². The molecule has 16 heavy (non-hydrogen) atoms. The molecule has 1 rings (SSSR count). The zero-order valence-corrected chi connectivity index (χ0v) is 10.4. The predicted octanol–water partition coefficient (Wildman–Crippen LogP) is 3.83. The SMILES string of the molecule is C=CC1(/C=C/CCCCCC)OCCCO1. The Kier molecular flexibility index (Phi) is 6.43. The highest BCUT2D eigenvalue weighted by Gasteiger charge is 2.27. The predicted molar refractivity (Wildman–Crippen MR) is 67.3 cm³/mol. The second kappa shape index (κ2) is 7.64. The molecule has 0 radical (unpaired) electrons. The van der Waals surface area contributed by atoms with Gasteiger partial charge in [-0.3, -0.25) is 0 Å². The van der Waals surface area contributed by atoms with Gasteiger partial charge in [0.05, 0.1) is 13.2 Å². The fourth-order valence-corrected chi connectivity index (χ4v) is 1.78. The third-order valence-electron chi connectivity index (χ3n) is 2.80. The van der Waals surface area contributed by atoms with Crippen LogP contribution in [0, 0.1) is 0 Å². The van der Waals surface area contributed by atoms with Crippen molar-refractivity contribution in [1.82, 2.24) is 0 Å². The number of hydrogen-bond acceptors (Lipinski definition) is 2. The molecule has 0 bridgehead atoms. The minimum Gasteiger partial charge on any atom is -0.343 e. The topological polar surface area (TPSA) is 18.5 Å². The van der Waals surface area contributed by atoms with E-state index in [9.17, 15) is 0 Å². The Morgan fingerprint density at radius 1 is 1.19 bits per heavy atom. The zero-order valence-electron chi connectivity index (χ0n) is 10.4. The first kappa shape index (κ1) is 13.5. The van der Waals surface area contributed by atoms with Crippen LogP contribution in [0.3, 0.4) is 0 Å². The summed E-state index contributed by atoms with van der Waals surface area (Å²) in [5, 5.41) is 0. The Bertz CT molecular complexity index is 215. The Morgan fingerprint density at radius 2 is 1.94 bits per heavy atom. The summed E-state index contributed by atoms with van der Waals surface area (Å²) >= 11 is 0. The lowest BCUT2D eigenvalue weighted by atomic mass is 10.1. The van der Waals surface area contributed by atoms with Crippen molar-refractivity contribution >= 4 is 0 Å². The first-order valence-corrected chi connectivity index (χ1v) is 6.42. The van der Waals surface area contributed by atoms with Gasteiger partial charge in [0, 0.05) is 0 Å². The summed E-state index contributed by atoms with van der Waals surface area (Å²) in [6.45, 7) is 7.52. The molecule has 2 heteroatoms. The largest absolute Gasteiger partial charge is 0.343 e. The average Bonchev–Trinajstić information content (AvgIpc) is 2.35. The van der Waals surface area contributed by atoms with Gasteiger partial charge >= 0.3 is 0 Å². The normalized spacial score (nSPS) is 20.1. The highest BCUT2D eigenvalue weighted by molar-refractivity contribution is 5.07. The summed E-state index contributed by atoms with van der Waals surface area (Å²) in [5.41, 5.74) is 0. The van der Waals surface area contributed by atoms with E-state index in [1.807, 2.05) is 6.08 Å². The third-order valence-corrected chi connectivity index (χ3v) is 2.80. The van der Waals surface area contributed by atoms with E-state index in [0.29, 0.717) is 0 Å². The molecule has 0 spiro atoms. The second-order valence-corrected chi connectivity index (χ2v) is 4.23. The van der Waals surface area contributed by atoms with E-state index in [1.165, 1.54) is 25.7 Å².